The van der Waals surface area contributed by atoms with E-state index in [0.29, 0.717) is 23.3 Å². The largest absolute Gasteiger partial charge is 0.390 e. The molecule has 0 saturated heterocycles. The number of hydrogen-bond acceptors (Lipinski definition) is 4. The number of fused-ring (bicyclic) bond motifs is 1. The van der Waals surface area contributed by atoms with Crippen molar-refractivity contribution in [2.45, 2.75) is 43.7 Å². The van der Waals surface area contributed by atoms with Crippen LogP contribution < -0.4 is 5.32 Å². The zero-order valence-corrected chi connectivity index (χ0v) is 16.4. The Labute approximate surface area is 164 Å². The van der Waals surface area contributed by atoms with Gasteiger partial charge in [0.1, 0.15) is 5.65 Å². The van der Waals surface area contributed by atoms with E-state index in [4.69, 9.17) is 0 Å². The molecule has 6 rings (SSSR count). The molecular weight excluding hydrogens is 354 g/mol. The van der Waals surface area contributed by atoms with Crippen molar-refractivity contribution in [3.8, 4) is 0 Å². The second-order valence-electron chi connectivity index (χ2n) is 9.16. The number of aliphatic imine (C=N–C) groups is 1. The van der Waals surface area contributed by atoms with Crippen LogP contribution in [0.5, 0.6) is 0 Å². The summed E-state index contributed by atoms with van der Waals surface area (Å²) in [7, 11) is 3.67. The number of anilines is 1. The first-order chi connectivity index (χ1) is 13.4. The fourth-order valence-electron chi connectivity index (χ4n) is 5.95. The molecule has 0 spiro atoms. The lowest BCUT2D eigenvalue weighted by Crippen LogP contribution is -2.59. The number of carbonyl (C=O) groups is 1. The first kappa shape index (κ1) is 17.7. The molecule has 7 heteroatoms. The predicted octanol–water partition coefficient (Wildman–Crippen LogP) is 2.64. The minimum absolute atomic E-state index is 0.279. The average molecular weight is 381 g/mol. The molecule has 4 aliphatic carbocycles. The SMILES string of the molecule is CN(C)C=NC(=O)c1cnc2[nH]ccc2c1N[C@H]1[C@@H]2CC3C[C@H]1C[C@@](O)(C3)C2. The fourth-order valence-corrected chi connectivity index (χ4v) is 5.95. The maximum absolute atomic E-state index is 12.8. The Balaban J connectivity index is 1.51. The molecule has 0 aliphatic heterocycles. The summed E-state index contributed by atoms with van der Waals surface area (Å²) in [6.07, 6.45) is 10.0. The fraction of sp³-hybridized carbons (Fsp3) is 0.571. The molecule has 7 nitrogen and oxygen atoms in total. The Bertz CT molecular complexity index is 933. The number of nitrogens with zero attached hydrogens (tertiary/aromatic N) is 3. The van der Waals surface area contributed by atoms with Gasteiger partial charge in [0.15, 0.2) is 0 Å². The van der Waals surface area contributed by atoms with Crippen LogP contribution in [0.15, 0.2) is 23.5 Å². The molecule has 3 N–H and O–H groups in total. The highest BCUT2D eigenvalue weighted by molar-refractivity contribution is 6.08. The first-order valence-electron chi connectivity index (χ1n) is 10.1. The minimum atomic E-state index is -0.467. The third-order valence-corrected chi connectivity index (χ3v) is 6.77. The van der Waals surface area contributed by atoms with E-state index in [1.165, 1.54) is 19.2 Å². The van der Waals surface area contributed by atoms with Crippen molar-refractivity contribution in [2.75, 3.05) is 19.4 Å². The molecule has 0 aromatic carbocycles. The molecule has 5 atom stereocenters. The molecule has 1 amide bonds. The highest BCUT2D eigenvalue weighted by Gasteiger charge is 2.54. The lowest BCUT2D eigenvalue weighted by atomic mass is 9.52. The summed E-state index contributed by atoms with van der Waals surface area (Å²) in [6, 6.07) is 2.24. The Morgan fingerprint density at radius 3 is 2.79 bits per heavy atom. The van der Waals surface area contributed by atoms with E-state index in [2.05, 4.69) is 20.3 Å². The van der Waals surface area contributed by atoms with Gasteiger partial charge in [0, 0.05) is 37.9 Å². The summed E-state index contributed by atoms with van der Waals surface area (Å²) in [4.78, 5) is 26.1. The lowest BCUT2D eigenvalue weighted by Gasteiger charge is -2.58. The molecule has 4 bridgehead atoms. The van der Waals surface area contributed by atoms with Gasteiger partial charge >= 0.3 is 0 Å². The summed E-state index contributed by atoms with van der Waals surface area (Å²) in [5.41, 5.74) is 1.61. The van der Waals surface area contributed by atoms with Gasteiger partial charge in [-0.05, 0) is 55.9 Å². The normalized spacial score (nSPS) is 33.7. The Kier molecular flexibility index (Phi) is 3.98. The minimum Gasteiger partial charge on any atom is -0.390 e. The molecule has 148 valence electrons. The molecule has 0 radical (unpaired) electrons. The van der Waals surface area contributed by atoms with Crippen LogP contribution in [0.3, 0.4) is 0 Å². The van der Waals surface area contributed by atoms with Crippen molar-refractivity contribution >= 4 is 29.0 Å². The zero-order valence-electron chi connectivity index (χ0n) is 16.4. The van der Waals surface area contributed by atoms with Gasteiger partial charge in [-0.2, -0.15) is 4.99 Å². The molecule has 2 aromatic heterocycles. The van der Waals surface area contributed by atoms with Crippen molar-refractivity contribution < 1.29 is 9.90 Å². The van der Waals surface area contributed by atoms with Crippen molar-refractivity contribution in [3.05, 3.63) is 24.0 Å². The zero-order chi connectivity index (χ0) is 19.5. The molecule has 1 unspecified atom stereocenters. The van der Waals surface area contributed by atoms with Gasteiger partial charge in [-0.15, -0.1) is 0 Å². The number of aromatic nitrogens is 2. The maximum atomic E-state index is 12.8. The van der Waals surface area contributed by atoms with Crippen LogP contribution in [0.25, 0.3) is 11.0 Å². The third-order valence-electron chi connectivity index (χ3n) is 6.77. The van der Waals surface area contributed by atoms with Crippen LogP contribution in [0, 0.1) is 17.8 Å². The molecule has 28 heavy (non-hydrogen) atoms. The van der Waals surface area contributed by atoms with Crippen LogP contribution in [0.2, 0.25) is 0 Å². The first-order valence-corrected chi connectivity index (χ1v) is 10.1. The Morgan fingerprint density at radius 1 is 1.36 bits per heavy atom. The molecule has 2 aromatic rings. The van der Waals surface area contributed by atoms with Gasteiger partial charge in [-0.3, -0.25) is 4.79 Å². The van der Waals surface area contributed by atoms with Crippen molar-refractivity contribution in [1.82, 2.24) is 14.9 Å². The van der Waals surface area contributed by atoms with Gasteiger partial charge < -0.3 is 20.3 Å². The van der Waals surface area contributed by atoms with Crippen molar-refractivity contribution in [1.29, 1.82) is 0 Å². The Hall–Kier alpha value is -2.41. The molecule has 4 fully saturated rings. The van der Waals surface area contributed by atoms with Crippen LogP contribution in [-0.2, 0) is 0 Å². The van der Waals surface area contributed by atoms with Gasteiger partial charge in [-0.1, -0.05) is 0 Å². The number of rotatable bonds is 4. The van der Waals surface area contributed by atoms with E-state index in [1.54, 1.807) is 11.1 Å². The van der Waals surface area contributed by atoms with E-state index >= 15 is 0 Å². The van der Waals surface area contributed by atoms with Crippen LogP contribution >= 0.6 is 0 Å². The standard InChI is InChI=1S/C21H27N5O2/c1-26(2)11-24-20(27)16-10-23-19-15(3-4-22-19)18(16)25-17-13-5-12-6-14(17)9-21(28,7-12)8-13/h3-4,10-14,17,28H,5-9H2,1-2H3,(H2,22,23,25)/t12?,13-,14+,17+,21-. The van der Waals surface area contributed by atoms with E-state index in [0.717, 1.165) is 36.0 Å². The molecule has 2 heterocycles. The number of hydrogen-bond donors (Lipinski definition) is 3. The molecule has 4 aliphatic rings. The second-order valence-corrected chi connectivity index (χ2v) is 9.16. The number of carbonyl (C=O) groups excluding carboxylic acids is 1. The quantitative estimate of drug-likeness (QED) is 0.559. The summed E-state index contributed by atoms with van der Waals surface area (Å²) < 4.78 is 0. The summed E-state index contributed by atoms with van der Waals surface area (Å²) in [6.45, 7) is 0. The molecular formula is C21H27N5O2. The highest BCUT2D eigenvalue weighted by Crippen LogP contribution is 2.56. The Morgan fingerprint density at radius 2 is 2.11 bits per heavy atom. The number of H-pyrrole nitrogens is 1. The predicted molar refractivity (Wildman–Crippen MR) is 109 cm³/mol. The van der Waals surface area contributed by atoms with Gasteiger partial charge in [0.2, 0.25) is 0 Å². The van der Waals surface area contributed by atoms with Gasteiger partial charge in [0.25, 0.3) is 5.91 Å². The van der Waals surface area contributed by atoms with Crippen LogP contribution in [0.4, 0.5) is 5.69 Å². The smallest absolute Gasteiger partial charge is 0.282 e. The van der Waals surface area contributed by atoms with E-state index < -0.39 is 5.60 Å². The van der Waals surface area contributed by atoms with Gasteiger partial charge in [0.05, 0.1) is 23.2 Å². The van der Waals surface area contributed by atoms with Crippen LogP contribution in [0.1, 0.15) is 42.5 Å². The van der Waals surface area contributed by atoms with E-state index in [1.807, 2.05) is 26.4 Å². The van der Waals surface area contributed by atoms with E-state index in [9.17, 15) is 9.90 Å². The highest BCUT2D eigenvalue weighted by atomic mass is 16.3. The van der Waals surface area contributed by atoms with Crippen molar-refractivity contribution in [2.24, 2.45) is 22.7 Å². The van der Waals surface area contributed by atoms with Crippen molar-refractivity contribution in [3.63, 3.8) is 0 Å². The number of amides is 1. The summed E-state index contributed by atoms with van der Waals surface area (Å²) >= 11 is 0. The molecule has 4 saturated carbocycles. The number of aliphatic hydroxyl groups is 1. The van der Waals surface area contributed by atoms with E-state index in [-0.39, 0.29) is 11.9 Å². The number of pyridine rings is 1. The lowest BCUT2D eigenvalue weighted by molar-refractivity contribution is -0.129. The monoisotopic (exact) mass is 381 g/mol. The maximum Gasteiger partial charge on any atom is 0.282 e. The second kappa shape index (κ2) is 6.30. The summed E-state index contributed by atoms with van der Waals surface area (Å²) in [5, 5.41) is 15.5. The number of aromatic amines is 1. The summed E-state index contributed by atoms with van der Waals surface area (Å²) in [5.74, 6) is 1.25. The topological polar surface area (TPSA) is 93.6 Å². The third kappa shape index (κ3) is 2.89. The number of nitrogens with one attached hydrogen (secondary N) is 2. The van der Waals surface area contributed by atoms with Crippen LogP contribution in [-0.4, -0.2) is 58.0 Å². The van der Waals surface area contributed by atoms with Gasteiger partial charge in [-0.25, -0.2) is 4.98 Å². The average Bonchev–Trinajstić information content (AvgIpc) is 3.10.